The molecule has 0 aliphatic heterocycles. The third kappa shape index (κ3) is 4.15. The van der Waals surface area contributed by atoms with Crippen molar-refractivity contribution in [3.05, 3.63) is 24.0 Å². The van der Waals surface area contributed by atoms with Gasteiger partial charge in [-0.05, 0) is 136 Å². The van der Waals surface area contributed by atoms with Crippen molar-refractivity contribution in [2.24, 2.45) is 59.2 Å². The zero-order chi connectivity index (χ0) is 20.9. The molecule has 0 atom stereocenters. The molecular formula is C28H42O3. The van der Waals surface area contributed by atoms with Crippen molar-refractivity contribution in [3.63, 3.8) is 0 Å². The van der Waals surface area contributed by atoms with Crippen molar-refractivity contribution in [2.45, 2.75) is 89.9 Å². The van der Waals surface area contributed by atoms with Gasteiger partial charge < -0.3 is 14.9 Å². The minimum Gasteiger partial charge on any atom is -0.509 e. The summed E-state index contributed by atoms with van der Waals surface area (Å²) < 4.78 is 5.45. The quantitative estimate of drug-likeness (QED) is 0.395. The third-order valence-electron chi connectivity index (χ3n) is 10.7. The summed E-state index contributed by atoms with van der Waals surface area (Å²) >= 11 is 0. The summed E-state index contributed by atoms with van der Waals surface area (Å²) in [4.78, 5) is 0. The molecule has 0 aromatic carbocycles. The largest absolute Gasteiger partial charge is 0.509 e. The minimum absolute atomic E-state index is 0.332. The van der Waals surface area contributed by atoms with E-state index in [-0.39, 0.29) is 0 Å². The molecule has 8 aliphatic carbocycles. The van der Waals surface area contributed by atoms with Crippen LogP contribution in [0.25, 0.3) is 0 Å². The van der Waals surface area contributed by atoms with Crippen LogP contribution in [0.1, 0.15) is 89.9 Å². The average molecular weight is 427 g/mol. The van der Waals surface area contributed by atoms with Crippen LogP contribution >= 0.6 is 0 Å². The van der Waals surface area contributed by atoms with Crippen LogP contribution in [0.5, 0.6) is 0 Å². The molecule has 0 saturated heterocycles. The monoisotopic (exact) mass is 426 g/mol. The molecule has 8 aliphatic rings. The molecule has 8 fully saturated rings. The first kappa shape index (κ1) is 20.5. The van der Waals surface area contributed by atoms with E-state index in [1.807, 2.05) is 0 Å². The number of hydrogen-bond acceptors (Lipinski definition) is 3. The highest BCUT2D eigenvalue weighted by Crippen LogP contribution is 2.58. The topological polar surface area (TPSA) is 49.7 Å². The van der Waals surface area contributed by atoms with Gasteiger partial charge in [-0.3, -0.25) is 0 Å². The van der Waals surface area contributed by atoms with Gasteiger partial charge in [0, 0.05) is 12.8 Å². The molecule has 0 amide bonds. The maximum absolute atomic E-state index is 10.3. The van der Waals surface area contributed by atoms with Crippen LogP contribution in [0, 0.1) is 59.2 Å². The van der Waals surface area contributed by atoms with E-state index >= 15 is 0 Å². The summed E-state index contributed by atoms with van der Waals surface area (Å²) in [6.45, 7) is 0. The molecule has 172 valence electrons. The third-order valence-corrected chi connectivity index (χ3v) is 10.7. The van der Waals surface area contributed by atoms with Crippen LogP contribution in [0.3, 0.4) is 0 Å². The van der Waals surface area contributed by atoms with Crippen LogP contribution in [0.2, 0.25) is 0 Å². The van der Waals surface area contributed by atoms with E-state index in [4.69, 9.17) is 4.74 Å². The first-order valence-electron chi connectivity index (χ1n) is 13.5. The fourth-order valence-corrected chi connectivity index (χ4v) is 9.96. The number of allylic oxidation sites excluding steroid dienone is 2. The Morgan fingerprint density at radius 2 is 0.871 bits per heavy atom. The highest BCUT2D eigenvalue weighted by molar-refractivity contribution is 5.01. The van der Waals surface area contributed by atoms with E-state index < -0.39 is 0 Å². The molecule has 8 bridgehead atoms. The number of aliphatic hydroxyl groups excluding tert-OH is 2. The summed E-state index contributed by atoms with van der Waals surface area (Å²) in [6.07, 6.45) is 21.1. The van der Waals surface area contributed by atoms with Gasteiger partial charge in [0.1, 0.15) is 24.0 Å². The van der Waals surface area contributed by atoms with Crippen molar-refractivity contribution in [2.75, 3.05) is 0 Å². The SMILES string of the molecule is OC(=COC=C(O)CCC1C2CC3CC(C2)CC1C3)CCC1C2CC3CC(C2)CC1C3. The van der Waals surface area contributed by atoms with Crippen molar-refractivity contribution < 1.29 is 14.9 Å². The van der Waals surface area contributed by atoms with Gasteiger partial charge in [-0.25, -0.2) is 0 Å². The summed E-state index contributed by atoms with van der Waals surface area (Å²) in [6, 6.07) is 0. The molecule has 0 spiro atoms. The molecule has 3 heteroatoms. The molecule has 31 heavy (non-hydrogen) atoms. The van der Waals surface area contributed by atoms with E-state index in [9.17, 15) is 10.2 Å². The Labute approximate surface area is 188 Å². The first-order valence-corrected chi connectivity index (χ1v) is 13.5. The second-order valence-electron chi connectivity index (χ2n) is 12.6. The summed E-state index contributed by atoms with van der Waals surface area (Å²) in [5, 5.41) is 20.6. The summed E-state index contributed by atoms with van der Waals surface area (Å²) in [5.41, 5.74) is 0. The average Bonchev–Trinajstić information content (AvgIpc) is 2.72. The number of hydrogen-bond donors (Lipinski definition) is 2. The van der Waals surface area contributed by atoms with Crippen LogP contribution < -0.4 is 0 Å². The lowest BCUT2D eigenvalue weighted by Crippen LogP contribution is -2.45. The van der Waals surface area contributed by atoms with Gasteiger partial charge in [-0.2, -0.15) is 0 Å². The highest BCUT2D eigenvalue weighted by atomic mass is 16.5. The Morgan fingerprint density at radius 3 is 1.19 bits per heavy atom. The first-order chi connectivity index (χ1) is 15.1. The predicted molar refractivity (Wildman–Crippen MR) is 122 cm³/mol. The molecule has 3 nitrogen and oxygen atoms in total. The Balaban J connectivity index is 0.941. The van der Waals surface area contributed by atoms with E-state index in [1.165, 1.54) is 76.7 Å². The van der Waals surface area contributed by atoms with Gasteiger partial charge in [-0.1, -0.05) is 0 Å². The Morgan fingerprint density at radius 1 is 0.548 bits per heavy atom. The number of ether oxygens (including phenoxy) is 1. The fourth-order valence-electron chi connectivity index (χ4n) is 9.96. The Kier molecular flexibility index (Phi) is 5.51. The molecular weight excluding hydrogens is 384 g/mol. The van der Waals surface area contributed by atoms with Crippen molar-refractivity contribution in [1.82, 2.24) is 0 Å². The lowest BCUT2D eigenvalue weighted by molar-refractivity contribution is -0.0402. The van der Waals surface area contributed by atoms with E-state index in [0.717, 1.165) is 84.9 Å². The van der Waals surface area contributed by atoms with Crippen LogP contribution in [-0.2, 0) is 4.74 Å². The molecule has 2 N–H and O–H groups in total. The highest BCUT2D eigenvalue weighted by Gasteiger charge is 2.48. The fraction of sp³-hybridized carbons (Fsp3) is 0.857. The van der Waals surface area contributed by atoms with Gasteiger partial charge in [0.05, 0.1) is 0 Å². The van der Waals surface area contributed by atoms with Crippen molar-refractivity contribution in [3.8, 4) is 0 Å². The van der Waals surface area contributed by atoms with Gasteiger partial charge in [0.15, 0.2) is 0 Å². The molecule has 0 heterocycles. The molecule has 0 aromatic rings. The second kappa shape index (κ2) is 8.34. The zero-order valence-corrected chi connectivity index (χ0v) is 19.1. The van der Waals surface area contributed by atoms with Crippen molar-refractivity contribution in [1.29, 1.82) is 0 Å². The molecule has 0 aromatic heterocycles. The van der Waals surface area contributed by atoms with E-state index in [2.05, 4.69) is 0 Å². The Hall–Kier alpha value is -1.12. The van der Waals surface area contributed by atoms with Gasteiger partial charge >= 0.3 is 0 Å². The second-order valence-corrected chi connectivity index (χ2v) is 12.6. The molecule has 0 radical (unpaired) electrons. The van der Waals surface area contributed by atoms with Crippen LogP contribution in [0.4, 0.5) is 0 Å². The maximum Gasteiger partial charge on any atom is 0.128 e. The predicted octanol–water partition coefficient (Wildman–Crippen LogP) is 7.51. The van der Waals surface area contributed by atoms with Crippen LogP contribution in [0.15, 0.2) is 24.0 Å². The van der Waals surface area contributed by atoms with Crippen LogP contribution in [-0.4, -0.2) is 10.2 Å². The molecule has 8 saturated carbocycles. The number of rotatable bonds is 8. The molecule has 8 rings (SSSR count). The summed E-state index contributed by atoms with van der Waals surface area (Å²) in [7, 11) is 0. The zero-order valence-electron chi connectivity index (χ0n) is 19.1. The lowest BCUT2D eigenvalue weighted by Gasteiger charge is -2.54. The van der Waals surface area contributed by atoms with Gasteiger partial charge in [0.2, 0.25) is 0 Å². The molecule has 0 unspecified atom stereocenters. The standard InChI is InChI=1S/C28H42O3/c29-25(1-3-27-21-7-17-5-18(9-21)10-22(27)8-17)15-31-16-26(30)2-4-28-23-11-19-6-20(13-23)14-24(28)12-19/h15-24,27-30H,1-14H2. The number of aliphatic hydroxyl groups is 2. The van der Waals surface area contributed by atoms with E-state index in [1.54, 1.807) is 0 Å². The lowest BCUT2D eigenvalue weighted by atomic mass is 9.51. The van der Waals surface area contributed by atoms with Gasteiger partial charge in [-0.15, -0.1) is 0 Å². The Bertz CT molecular complexity index is 606. The van der Waals surface area contributed by atoms with Crippen molar-refractivity contribution >= 4 is 0 Å². The minimum atomic E-state index is 0.332. The normalized spacial score (nSPS) is 47.9. The smallest absolute Gasteiger partial charge is 0.128 e. The maximum atomic E-state index is 10.3. The summed E-state index contributed by atoms with van der Waals surface area (Å²) in [5.74, 6) is 10.0. The van der Waals surface area contributed by atoms with Gasteiger partial charge in [0.25, 0.3) is 0 Å². The van der Waals surface area contributed by atoms with E-state index in [0.29, 0.717) is 11.5 Å².